The summed E-state index contributed by atoms with van der Waals surface area (Å²) in [4.78, 5) is 17.4. The summed E-state index contributed by atoms with van der Waals surface area (Å²) in [5, 5.41) is 4.34. The van der Waals surface area contributed by atoms with Crippen LogP contribution in [0, 0.1) is 12.4 Å². The molecule has 0 saturated heterocycles. The van der Waals surface area contributed by atoms with Crippen LogP contribution in [0.3, 0.4) is 0 Å². The minimum Gasteiger partial charge on any atom is -0.490 e. The van der Waals surface area contributed by atoms with E-state index in [1.54, 1.807) is 55.8 Å². The first-order chi connectivity index (χ1) is 15.2. The van der Waals surface area contributed by atoms with Gasteiger partial charge in [0.2, 0.25) is 5.69 Å². The highest BCUT2D eigenvalue weighted by atomic mass is 19.1. The van der Waals surface area contributed by atoms with E-state index in [2.05, 4.69) is 9.94 Å². The molecule has 9 heteroatoms. The Balaban J connectivity index is 1.77. The Hall–Kier alpha value is -4.06. The number of amides is 1. The molecule has 0 radical (unpaired) electrons. The van der Waals surface area contributed by atoms with Gasteiger partial charge in [-0.05, 0) is 45.0 Å². The maximum atomic E-state index is 14.2. The minimum atomic E-state index is -0.641. The smallest absolute Gasteiger partial charge is 0.415 e. The molecule has 32 heavy (non-hydrogen) atoms. The van der Waals surface area contributed by atoms with E-state index in [-0.39, 0.29) is 11.5 Å². The first kappa shape index (κ1) is 21.2. The van der Waals surface area contributed by atoms with Crippen molar-refractivity contribution in [3.05, 3.63) is 59.7 Å². The summed E-state index contributed by atoms with van der Waals surface area (Å²) in [7, 11) is 0. The quantitative estimate of drug-likeness (QED) is 0.576. The fraction of sp³-hybridized carbons (Fsp3) is 0.261. The number of nitrogens with two attached hydrogens (primary N) is 1. The molecule has 1 amide bonds. The van der Waals surface area contributed by atoms with Gasteiger partial charge in [0.1, 0.15) is 29.6 Å². The number of hydrogen-bond donors (Lipinski definition) is 1. The second-order valence-electron chi connectivity index (χ2n) is 8.28. The highest BCUT2D eigenvalue weighted by Gasteiger charge is 2.29. The predicted molar refractivity (Wildman–Crippen MR) is 119 cm³/mol. The first-order valence-electron chi connectivity index (χ1n) is 9.97. The Bertz CT molecular complexity index is 1240. The molecule has 2 N–H and O–H groups in total. The molecule has 0 atom stereocenters. The largest absolute Gasteiger partial charge is 0.490 e. The topological polar surface area (TPSA) is 87.0 Å². The lowest BCUT2D eigenvalue weighted by Crippen LogP contribution is -2.41. The average molecular weight is 435 g/mol. The summed E-state index contributed by atoms with van der Waals surface area (Å²) in [6.45, 7) is 13.1. The number of benzene rings is 2. The van der Waals surface area contributed by atoms with Gasteiger partial charge >= 0.3 is 6.09 Å². The third-order valence-corrected chi connectivity index (χ3v) is 4.76. The average Bonchev–Trinajstić information content (AvgIpc) is 3.13. The molecule has 0 unspecified atom stereocenters. The lowest BCUT2D eigenvalue weighted by molar-refractivity contribution is 0.0568. The number of carbonyl (C=O) groups excluding carboxylic acids is 1. The zero-order valence-corrected chi connectivity index (χ0v) is 17.9. The van der Waals surface area contributed by atoms with Gasteiger partial charge in [0.15, 0.2) is 0 Å². The number of ether oxygens (including phenoxy) is 2. The molecule has 0 fully saturated rings. The van der Waals surface area contributed by atoms with E-state index in [9.17, 15) is 9.18 Å². The van der Waals surface area contributed by atoms with E-state index in [0.717, 1.165) is 0 Å². The first-order valence-corrected chi connectivity index (χ1v) is 9.97. The molecule has 8 nitrogen and oxygen atoms in total. The number of aromatic nitrogens is 2. The lowest BCUT2D eigenvalue weighted by Gasteiger charge is -2.31. The Morgan fingerprint density at radius 2 is 2.03 bits per heavy atom. The minimum absolute atomic E-state index is 0.0632. The molecule has 2 heterocycles. The van der Waals surface area contributed by atoms with Gasteiger partial charge in [0, 0.05) is 11.6 Å². The number of nitrogens with zero attached hydrogens (tertiary/aromatic N) is 4. The van der Waals surface area contributed by atoms with Crippen molar-refractivity contribution in [3.63, 3.8) is 0 Å². The van der Waals surface area contributed by atoms with Crippen molar-refractivity contribution < 1.29 is 18.7 Å². The SMILES string of the molecule is [C-]#[N+]c1ccc(-c2cc(N)nn2-c2ccc3c(c2)N(C(=O)OC(C)(C)C)CCO3)cc1F. The predicted octanol–water partition coefficient (Wildman–Crippen LogP) is 4.95. The van der Waals surface area contributed by atoms with Gasteiger partial charge < -0.3 is 15.2 Å². The van der Waals surface area contributed by atoms with Crippen LogP contribution in [0.2, 0.25) is 0 Å². The number of carbonyl (C=O) groups is 1. The molecule has 0 aliphatic carbocycles. The molecule has 1 aliphatic heterocycles. The fourth-order valence-electron chi connectivity index (χ4n) is 3.40. The van der Waals surface area contributed by atoms with Crippen LogP contribution >= 0.6 is 0 Å². The number of nitrogen functional groups attached to an aromatic ring is 1. The van der Waals surface area contributed by atoms with Gasteiger partial charge in [-0.2, -0.15) is 5.10 Å². The maximum absolute atomic E-state index is 14.2. The number of halogens is 1. The van der Waals surface area contributed by atoms with E-state index in [0.29, 0.717) is 41.5 Å². The number of anilines is 2. The van der Waals surface area contributed by atoms with Crippen molar-refractivity contribution in [1.29, 1.82) is 0 Å². The van der Waals surface area contributed by atoms with Crippen molar-refractivity contribution >= 4 is 23.3 Å². The second-order valence-corrected chi connectivity index (χ2v) is 8.28. The second kappa shape index (κ2) is 7.89. The van der Waals surface area contributed by atoms with Crippen LogP contribution in [-0.2, 0) is 4.74 Å². The van der Waals surface area contributed by atoms with Crippen molar-refractivity contribution in [2.45, 2.75) is 26.4 Å². The summed E-state index contributed by atoms with van der Waals surface area (Å²) in [5.41, 5.74) is 7.44. The van der Waals surface area contributed by atoms with E-state index >= 15 is 0 Å². The standard InChI is InChI=1S/C23H22FN5O3/c1-23(2,3)32-22(30)28-9-10-31-20-8-6-15(12-19(20)28)29-18(13-21(25)27-29)14-5-7-17(26-4)16(24)11-14/h5-8,11-13H,9-10H2,1-3H3,(H2,25,27). The molecule has 3 aromatic rings. The van der Waals surface area contributed by atoms with E-state index in [1.165, 1.54) is 17.0 Å². The van der Waals surface area contributed by atoms with E-state index in [1.807, 2.05) is 0 Å². The lowest BCUT2D eigenvalue weighted by atomic mass is 10.1. The zero-order chi connectivity index (χ0) is 23.0. The van der Waals surface area contributed by atoms with Gasteiger partial charge in [0.05, 0.1) is 30.2 Å². The monoisotopic (exact) mass is 435 g/mol. The zero-order valence-electron chi connectivity index (χ0n) is 17.9. The van der Waals surface area contributed by atoms with Gasteiger partial charge in [-0.3, -0.25) is 4.90 Å². The van der Waals surface area contributed by atoms with Gasteiger partial charge in [-0.1, -0.05) is 12.1 Å². The van der Waals surface area contributed by atoms with Gasteiger partial charge in [-0.15, -0.1) is 0 Å². The van der Waals surface area contributed by atoms with Crippen LogP contribution in [-0.4, -0.2) is 34.6 Å². The summed E-state index contributed by atoms with van der Waals surface area (Å²) in [6, 6.07) is 11.2. The van der Waals surface area contributed by atoms with Crippen LogP contribution in [0.5, 0.6) is 5.75 Å². The molecule has 164 valence electrons. The Morgan fingerprint density at radius 1 is 1.25 bits per heavy atom. The molecule has 4 rings (SSSR count). The number of fused-ring (bicyclic) bond motifs is 1. The molecule has 0 bridgehead atoms. The van der Waals surface area contributed by atoms with Crippen LogP contribution in [0.15, 0.2) is 42.5 Å². The number of rotatable bonds is 2. The summed E-state index contributed by atoms with van der Waals surface area (Å²) < 4.78 is 27.0. The van der Waals surface area contributed by atoms with E-state index in [4.69, 9.17) is 21.8 Å². The highest BCUT2D eigenvalue weighted by molar-refractivity contribution is 5.91. The molecule has 1 aliphatic rings. The molecular formula is C23H22FN5O3. The molecule has 0 saturated carbocycles. The van der Waals surface area contributed by atoms with Crippen molar-refractivity contribution in [3.8, 4) is 22.7 Å². The highest BCUT2D eigenvalue weighted by Crippen LogP contribution is 2.36. The van der Waals surface area contributed by atoms with Crippen LogP contribution in [0.4, 0.5) is 26.4 Å². The summed E-state index contributed by atoms with van der Waals surface area (Å²) in [5.74, 6) is 0.159. The molecular weight excluding hydrogens is 413 g/mol. The van der Waals surface area contributed by atoms with Crippen LogP contribution in [0.1, 0.15) is 20.8 Å². The Labute approximate surface area is 184 Å². The maximum Gasteiger partial charge on any atom is 0.415 e. The van der Waals surface area contributed by atoms with Gasteiger partial charge in [-0.25, -0.2) is 18.7 Å². The third kappa shape index (κ3) is 4.07. The number of hydrogen-bond acceptors (Lipinski definition) is 5. The molecule has 0 spiro atoms. The van der Waals surface area contributed by atoms with Crippen LogP contribution < -0.4 is 15.4 Å². The Kier molecular flexibility index (Phi) is 5.22. The van der Waals surface area contributed by atoms with E-state index < -0.39 is 17.5 Å². The van der Waals surface area contributed by atoms with Gasteiger partial charge in [0.25, 0.3) is 0 Å². The summed E-state index contributed by atoms with van der Waals surface area (Å²) >= 11 is 0. The van der Waals surface area contributed by atoms with Crippen molar-refractivity contribution in [2.75, 3.05) is 23.8 Å². The Morgan fingerprint density at radius 3 is 2.72 bits per heavy atom. The molecule has 1 aromatic heterocycles. The molecule has 2 aromatic carbocycles. The fourth-order valence-corrected chi connectivity index (χ4v) is 3.40. The van der Waals surface area contributed by atoms with Crippen LogP contribution in [0.25, 0.3) is 21.8 Å². The third-order valence-electron chi connectivity index (χ3n) is 4.76. The summed E-state index contributed by atoms with van der Waals surface area (Å²) in [6.07, 6.45) is -0.476. The van der Waals surface area contributed by atoms with Crippen molar-refractivity contribution in [1.82, 2.24) is 9.78 Å². The normalized spacial score (nSPS) is 13.2. The van der Waals surface area contributed by atoms with Crippen molar-refractivity contribution in [2.24, 2.45) is 0 Å².